The summed E-state index contributed by atoms with van der Waals surface area (Å²) in [5.41, 5.74) is 2.45. The van der Waals surface area contributed by atoms with Gasteiger partial charge in [-0.05, 0) is 5.56 Å². The van der Waals surface area contributed by atoms with E-state index < -0.39 is 18.0 Å². The van der Waals surface area contributed by atoms with Gasteiger partial charge in [0.25, 0.3) is 5.91 Å². The van der Waals surface area contributed by atoms with Crippen molar-refractivity contribution in [3.05, 3.63) is 35.9 Å². The van der Waals surface area contributed by atoms with Crippen molar-refractivity contribution in [3.63, 3.8) is 0 Å². The molecule has 2 amide bonds. The van der Waals surface area contributed by atoms with Gasteiger partial charge in [0.15, 0.2) is 0 Å². The van der Waals surface area contributed by atoms with Gasteiger partial charge >= 0.3 is 6.09 Å². The third-order valence-corrected chi connectivity index (χ3v) is 3.42. The van der Waals surface area contributed by atoms with Crippen molar-refractivity contribution >= 4 is 12.0 Å². The molecular weight excluding hydrogens is 262 g/mol. The number of hydrogen-bond acceptors (Lipinski definition) is 4. The van der Waals surface area contributed by atoms with Crippen LogP contribution in [0.4, 0.5) is 4.79 Å². The maximum atomic E-state index is 11.9. The van der Waals surface area contributed by atoms with Crippen molar-refractivity contribution in [2.45, 2.75) is 6.04 Å². The third-order valence-electron chi connectivity index (χ3n) is 3.42. The minimum atomic E-state index is -0.951. The average Bonchev–Trinajstić information content (AvgIpc) is 2.49. The Bertz CT molecular complexity index is 472. The molecule has 1 fully saturated rings. The quantitative estimate of drug-likeness (QED) is 0.554. The number of hydroxylamine groups is 1. The molecule has 7 nitrogen and oxygen atoms in total. The Morgan fingerprint density at radius 2 is 1.70 bits per heavy atom. The highest BCUT2D eigenvalue weighted by Crippen LogP contribution is 2.22. The fraction of sp³-hybridized carbons (Fsp3) is 0.385. The number of nitrogens with one attached hydrogen (secondary N) is 1. The van der Waals surface area contributed by atoms with Crippen LogP contribution in [0.3, 0.4) is 0 Å². The van der Waals surface area contributed by atoms with Crippen LogP contribution in [0.15, 0.2) is 30.3 Å². The topological polar surface area (TPSA) is 93.1 Å². The number of carbonyl (C=O) groups is 2. The van der Waals surface area contributed by atoms with Gasteiger partial charge < -0.3 is 10.0 Å². The van der Waals surface area contributed by atoms with Crippen molar-refractivity contribution in [2.75, 3.05) is 26.2 Å². The number of carbonyl (C=O) groups excluding carboxylic acids is 1. The summed E-state index contributed by atoms with van der Waals surface area (Å²) in [7, 11) is 0. The molecule has 1 heterocycles. The van der Waals surface area contributed by atoms with Crippen molar-refractivity contribution < 1.29 is 19.9 Å². The Morgan fingerprint density at radius 3 is 2.20 bits per heavy atom. The Hall–Kier alpha value is -2.12. The summed E-state index contributed by atoms with van der Waals surface area (Å²) in [5, 5.41) is 17.8. The normalized spacial score (nSPS) is 17.6. The molecule has 0 bridgehead atoms. The summed E-state index contributed by atoms with van der Waals surface area (Å²) in [4.78, 5) is 25.9. The van der Waals surface area contributed by atoms with Gasteiger partial charge in [0, 0.05) is 26.2 Å². The van der Waals surface area contributed by atoms with Crippen LogP contribution in [0.1, 0.15) is 11.6 Å². The maximum absolute atomic E-state index is 11.9. The van der Waals surface area contributed by atoms with Crippen LogP contribution in [-0.4, -0.2) is 58.3 Å². The second-order valence-electron chi connectivity index (χ2n) is 4.59. The van der Waals surface area contributed by atoms with Crippen LogP contribution in [0.25, 0.3) is 0 Å². The predicted molar refractivity (Wildman–Crippen MR) is 70.3 cm³/mol. The number of carboxylic acid groups (broad SMARTS) is 1. The smallest absolute Gasteiger partial charge is 0.407 e. The van der Waals surface area contributed by atoms with Gasteiger partial charge in [0.2, 0.25) is 0 Å². The fourth-order valence-electron chi connectivity index (χ4n) is 2.40. The number of benzene rings is 1. The minimum Gasteiger partial charge on any atom is -0.465 e. The standard InChI is InChI=1S/C13H17N3O4/c17-12(14-20)11(10-4-2-1-3-5-10)15-6-8-16(9-7-15)13(18)19/h1-5,11,20H,6-9H2,(H,14,17)(H,18,19). The van der Waals surface area contributed by atoms with Crippen molar-refractivity contribution in [1.29, 1.82) is 0 Å². The number of amides is 2. The van der Waals surface area contributed by atoms with Gasteiger partial charge in [-0.2, -0.15) is 0 Å². The second kappa shape index (κ2) is 6.36. The van der Waals surface area contributed by atoms with Crippen LogP contribution in [-0.2, 0) is 4.79 Å². The van der Waals surface area contributed by atoms with E-state index in [1.165, 1.54) is 4.90 Å². The van der Waals surface area contributed by atoms with Gasteiger partial charge in [-0.1, -0.05) is 30.3 Å². The zero-order valence-corrected chi connectivity index (χ0v) is 10.9. The third kappa shape index (κ3) is 3.06. The van der Waals surface area contributed by atoms with Crippen molar-refractivity contribution in [1.82, 2.24) is 15.3 Å². The molecule has 1 aromatic carbocycles. The Balaban J connectivity index is 2.13. The van der Waals surface area contributed by atoms with Crippen LogP contribution in [0.5, 0.6) is 0 Å². The highest BCUT2D eigenvalue weighted by atomic mass is 16.5. The van der Waals surface area contributed by atoms with Crippen LogP contribution in [0, 0.1) is 0 Å². The molecule has 1 atom stereocenters. The maximum Gasteiger partial charge on any atom is 0.407 e. The first-order valence-electron chi connectivity index (χ1n) is 6.34. The van der Waals surface area contributed by atoms with Gasteiger partial charge in [-0.15, -0.1) is 0 Å². The Morgan fingerprint density at radius 1 is 1.10 bits per heavy atom. The summed E-state index contributed by atoms with van der Waals surface area (Å²) >= 11 is 0. The number of piperazine rings is 1. The van der Waals surface area contributed by atoms with E-state index in [1.807, 2.05) is 35.2 Å². The van der Waals surface area contributed by atoms with Gasteiger partial charge in [-0.25, -0.2) is 10.3 Å². The summed E-state index contributed by atoms with van der Waals surface area (Å²) in [6.45, 7) is 1.58. The SMILES string of the molecule is O=C(NO)C(c1ccccc1)N1CCN(C(=O)O)CC1. The van der Waals surface area contributed by atoms with Crippen LogP contribution >= 0.6 is 0 Å². The molecule has 0 radical (unpaired) electrons. The molecule has 7 heteroatoms. The van der Waals surface area contributed by atoms with Crippen molar-refractivity contribution in [3.8, 4) is 0 Å². The van der Waals surface area contributed by atoms with E-state index in [0.29, 0.717) is 26.2 Å². The van der Waals surface area contributed by atoms with E-state index >= 15 is 0 Å². The Labute approximate surface area is 116 Å². The molecule has 1 unspecified atom stereocenters. The fourth-order valence-corrected chi connectivity index (χ4v) is 2.40. The Kier molecular flexibility index (Phi) is 4.54. The highest BCUT2D eigenvalue weighted by molar-refractivity contribution is 5.82. The molecule has 0 spiro atoms. The van der Waals surface area contributed by atoms with Crippen LogP contribution < -0.4 is 5.48 Å². The first kappa shape index (κ1) is 14.3. The molecule has 3 N–H and O–H groups in total. The molecule has 1 aliphatic heterocycles. The molecule has 0 aliphatic carbocycles. The highest BCUT2D eigenvalue weighted by Gasteiger charge is 2.31. The molecule has 1 aliphatic rings. The van der Waals surface area contributed by atoms with Gasteiger partial charge in [0.05, 0.1) is 0 Å². The van der Waals surface area contributed by atoms with E-state index in [9.17, 15) is 9.59 Å². The predicted octanol–water partition coefficient (Wildman–Crippen LogP) is 0.529. The van der Waals surface area contributed by atoms with Gasteiger partial charge in [-0.3, -0.25) is 14.9 Å². The number of hydrogen-bond donors (Lipinski definition) is 3. The molecule has 1 aromatic rings. The van der Waals surface area contributed by atoms with Crippen LogP contribution in [0.2, 0.25) is 0 Å². The number of rotatable bonds is 3. The number of nitrogens with zero attached hydrogens (tertiary/aromatic N) is 2. The molecule has 1 saturated heterocycles. The van der Waals surface area contributed by atoms with E-state index in [-0.39, 0.29) is 0 Å². The van der Waals surface area contributed by atoms with E-state index in [4.69, 9.17) is 10.3 Å². The zero-order valence-electron chi connectivity index (χ0n) is 10.9. The average molecular weight is 279 g/mol. The summed E-state index contributed by atoms with van der Waals surface area (Å²) in [6, 6.07) is 8.49. The lowest BCUT2D eigenvalue weighted by Gasteiger charge is -2.37. The summed E-state index contributed by atoms with van der Waals surface area (Å²) in [6.07, 6.45) is -0.951. The molecule has 108 valence electrons. The molecule has 0 aromatic heterocycles. The van der Waals surface area contributed by atoms with Gasteiger partial charge in [0.1, 0.15) is 6.04 Å². The monoisotopic (exact) mass is 279 g/mol. The van der Waals surface area contributed by atoms with E-state index in [1.54, 1.807) is 5.48 Å². The first-order chi connectivity index (χ1) is 9.63. The summed E-state index contributed by atoms with van der Waals surface area (Å²) < 4.78 is 0. The lowest BCUT2D eigenvalue weighted by atomic mass is 10.0. The molecule has 0 saturated carbocycles. The summed E-state index contributed by atoms with van der Waals surface area (Å²) in [5.74, 6) is -0.514. The molecule has 20 heavy (non-hydrogen) atoms. The van der Waals surface area contributed by atoms with E-state index in [0.717, 1.165) is 5.56 Å². The lowest BCUT2D eigenvalue weighted by molar-refractivity contribution is -0.135. The molecule has 2 rings (SSSR count). The largest absolute Gasteiger partial charge is 0.465 e. The second-order valence-corrected chi connectivity index (χ2v) is 4.59. The van der Waals surface area contributed by atoms with Crippen molar-refractivity contribution in [2.24, 2.45) is 0 Å². The minimum absolute atomic E-state index is 0.345. The lowest BCUT2D eigenvalue weighted by Crippen LogP contribution is -2.51. The van der Waals surface area contributed by atoms with E-state index in [2.05, 4.69) is 0 Å². The zero-order chi connectivity index (χ0) is 14.5. The molecular formula is C13H17N3O4. The first-order valence-corrected chi connectivity index (χ1v) is 6.34.